The molecule has 5 rings (SSSR count). The fourth-order valence-corrected chi connectivity index (χ4v) is 14.2. The molecule has 2 saturated heterocycles. The van der Waals surface area contributed by atoms with Gasteiger partial charge in [0.15, 0.2) is 0 Å². The Morgan fingerprint density at radius 3 is 1.09 bits per heavy atom. The standard InChI is InChI=1S/C46H74N4O14P2S2/c1-31(2)25-59-65(51,60-26-32(3)4)63-29-57-47-45-41-15-13-39(67(53,54)49-21-35(9)17-36(10)22-49)19-43(41)46(48-58-30-64-66(52,61-27-33(5)6)62-28-34(7)8)44-20-40(14-16-42(44)45)68(55,56)50-23-37(11)18-38(12)24-50/h13-16,19-20,31-38H,17-18,21-30H2,1-12H3/t35-,36+,37-,38+. The Bertz CT molecular complexity index is 2250. The van der Waals surface area contributed by atoms with Crippen molar-refractivity contribution in [3.8, 4) is 0 Å². The molecule has 0 radical (unpaired) electrons. The lowest BCUT2D eigenvalue weighted by molar-refractivity contribution is -0.0164. The highest BCUT2D eigenvalue weighted by Gasteiger charge is 2.38. The topological polar surface area (TPSA) is 207 Å². The van der Waals surface area contributed by atoms with E-state index in [1.54, 1.807) is 12.1 Å². The zero-order valence-electron chi connectivity index (χ0n) is 41.8. The number of hydrogen-bond donors (Lipinski definition) is 0. The van der Waals surface area contributed by atoms with Crippen molar-refractivity contribution < 1.29 is 62.8 Å². The molecule has 2 aromatic carbocycles. The van der Waals surface area contributed by atoms with Gasteiger partial charge in [-0.1, -0.05) is 106 Å². The smallest absolute Gasteiger partial charge is 0.366 e. The molecule has 2 fully saturated rings. The summed E-state index contributed by atoms with van der Waals surface area (Å²) >= 11 is 0. The van der Waals surface area contributed by atoms with Gasteiger partial charge in [-0.3, -0.25) is 18.1 Å². The average molecular weight is 1030 g/mol. The van der Waals surface area contributed by atoms with Crippen LogP contribution in [0.1, 0.15) is 118 Å². The van der Waals surface area contributed by atoms with Crippen molar-refractivity contribution in [3.63, 3.8) is 0 Å². The van der Waals surface area contributed by atoms with E-state index in [1.807, 2.05) is 83.1 Å². The van der Waals surface area contributed by atoms with Gasteiger partial charge in [0.25, 0.3) is 0 Å². The van der Waals surface area contributed by atoms with Gasteiger partial charge in [-0.15, -0.1) is 0 Å². The molecule has 0 saturated carbocycles. The molecular weight excluding hydrogens is 959 g/mol. The van der Waals surface area contributed by atoms with E-state index in [1.165, 1.54) is 32.9 Å². The molecule has 22 heteroatoms. The predicted octanol–water partition coefficient (Wildman–Crippen LogP) is 9.73. The summed E-state index contributed by atoms with van der Waals surface area (Å²) in [6, 6.07) is 8.95. The normalized spacial score (nSPS) is 21.1. The number of fused-ring (bicyclic) bond motifs is 2. The van der Waals surface area contributed by atoms with Crippen LogP contribution in [0.4, 0.5) is 0 Å². The van der Waals surface area contributed by atoms with Crippen LogP contribution in [0, 0.1) is 47.3 Å². The van der Waals surface area contributed by atoms with Crippen LogP contribution < -0.4 is 0 Å². The largest absolute Gasteiger partial charge is 0.477 e. The number of piperidine rings is 2. The fourth-order valence-electron chi connectivity index (χ4n) is 8.10. The minimum atomic E-state index is -4.15. The number of benzene rings is 2. The van der Waals surface area contributed by atoms with Gasteiger partial charge in [0.2, 0.25) is 33.6 Å². The molecule has 384 valence electrons. The molecule has 0 aromatic heterocycles. The molecule has 0 bridgehead atoms. The third-order valence-corrected chi connectivity index (χ3v) is 17.4. The number of rotatable bonds is 24. The lowest BCUT2D eigenvalue weighted by atomic mass is 9.83. The van der Waals surface area contributed by atoms with Gasteiger partial charge in [0.05, 0.1) is 36.2 Å². The zero-order valence-corrected chi connectivity index (χ0v) is 45.2. The van der Waals surface area contributed by atoms with Crippen molar-refractivity contribution in [3.05, 3.63) is 58.7 Å². The van der Waals surface area contributed by atoms with Crippen molar-refractivity contribution in [1.82, 2.24) is 8.61 Å². The summed E-state index contributed by atoms with van der Waals surface area (Å²) in [6.45, 7) is 23.4. The third kappa shape index (κ3) is 15.2. The summed E-state index contributed by atoms with van der Waals surface area (Å²) in [5.74, 6) is 0.538. The van der Waals surface area contributed by atoms with E-state index in [0.717, 1.165) is 12.8 Å². The van der Waals surface area contributed by atoms with Crippen LogP contribution in [0.3, 0.4) is 0 Å². The highest BCUT2D eigenvalue weighted by Crippen LogP contribution is 2.51. The number of nitrogens with zero attached hydrogens (tertiary/aromatic N) is 4. The highest BCUT2D eigenvalue weighted by molar-refractivity contribution is 7.89. The first-order valence-corrected chi connectivity index (χ1v) is 29.4. The van der Waals surface area contributed by atoms with Gasteiger partial charge < -0.3 is 9.68 Å². The first-order valence-electron chi connectivity index (χ1n) is 23.6. The number of sulfonamides is 2. The summed E-state index contributed by atoms with van der Waals surface area (Å²) in [5.41, 5.74) is 1.22. The molecule has 2 aliphatic heterocycles. The van der Waals surface area contributed by atoms with Gasteiger partial charge in [0, 0.05) is 48.4 Å². The van der Waals surface area contributed by atoms with E-state index in [-0.39, 0.29) is 106 Å². The van der Waals surface area contributed by atoms with E-state index < -0.39 is 49.3 Å². The summed E-state index contributed by atoms with van der Waals surface area (Å²) in [6.07, 6.45) is 1.77. The van der Waals surface area contributed by atoms with Gasteiger partial charge >= 0.3 is 15.6 Å². The number of phosphoric acid groups is 2. The van der Waals surface area contributed by atoms with E-state index in [2.05, 4.69) is 10.3 Å². The first kappa shape index (κ1) is 56.3. The van der Waals surface area contributed by atoms with Gasteiger partial charge in [-0.2, -0.15) is 8.61 Å². The Morgan fingerprint density at radius 1 is 0.500 bits per heavy atom. The lowest BCUT2D eigenvalue weighted by Crippen LogP contribution is -2.42. The maximum atomic E-state index is 14.5. The second-order valence-corrected chi connectivity index (χ2v) is 27.4. The molecule has 0 spiro atoms. The van der Waals surface area contributed by atoms with Crippen molar-refractivity contribution in [2.45, 2.75) is 106 Å². The molecule has 68 heavy (non-hydrogen) atoms. The lowest BCUT2D eigenvalue weighted by Gasteiger charge is -2.34. The average Bonchev–Trinajstić information content (AvgIpc) is 3.26. The molecule has 4 atom stereocenters. The number of hydrogen-bond acceptors (Lipinski definition) is 16. The zero-order chi connectivity index (χ0) is 50.2. The van der Waals surface area contributed by atoms with E-state index in [0.29, 0.717) is 37.3 Å². The summed E-state index contributed by atoms with van der Waals surface area (Å²) in [7, 11) is -16.4. The molecule has 18 nitrogen and oxygen atoms in total. The minimum Gasteiger partial charge on any atom is -0.366 e. The maximum absolute atomic E-state index is 14.5. The Labute approximate surface area is 405 Å². The third-order valence-electron chi connectivity index (χ3n) is 11.1. The van der Waals surface area contributed by atoms with Crippen LogP contribution in [0.25, 0.3) is 0 Å². The van der Waals surface area contributed by atoms with Gasteiger partial charge in [-0.05, 0) is 84.5 Å². The molecule has 2 heterocycles. The second kappa shape index (κ2) is 24.2. The van der Waals surface area contributed by atoms with Crippen LogP contribution >= 0.6 is 15.6 Å². The molecule has 3 aliphatic rings. The van der Waals surface area contributed by atoms with Crippen molar-refractivity contribution >= 4 is 47.1 Å². The minimum absolute atomic E-state index is 0.00183. The number of oxime groups is 2. The molecule has 2 aromatic rings. The van der Waals surface area contributed by atoms with Crippen molar-refractivity contribution in [1.29, 1.82) is 0 Å². The predicted molar refractivity (Wildman–Crippen MR) is 260 cm³/mol. The quantitative estimate of drug-likeness (QED) is 0.0354. The fraction of sp³-hybridized carbons (Fsp3) is 0.696. The Hall–Kier alpha value is -2.58. The summed E-state index contributed by atoms with van der Waals surface area (Å²) < 4.78 is 122. The van der Waals surface area contributed by atoms with Crippen LogP contribution in [0.2, 0.25) is 0 Å². The molecule has 1 aliphatic carbocycles. The van der Waals surface area contributed by atoms with Crippen LogP contribution in [0.15, 0.2) is 56.5 Å². The van der Waals surface area contributed by atoms with Crippen LogP contribution in [-0.4, -0.2) is 103 Å². The van der Waals surface area contributed by atoms with Crippen LogP contribution in [0.5, 0.6) is 0 Å². The number of phosphoric ester groups is 2. The van der Waals surface area contributed by atoms with E-state index >= 15 is 0 Å². The first-order chi connectivity index (χ1) is 31.8. The Balaban J connectivity index is 1.65. The second-order valence-electron chi connectivity index (χ2n) is 20.2. The monoisotopic (exact) mass is 1030 g/mol. The molecule has 0 amide bonds. The Kier molecular flexibility index (Phi) is 20.1. The van der Waals surface area contributed by atoms with E-state index in [4.69, 9.17) is 36.8 Å². The van der Waals surface area contributed by atoms with Gasteiger partial charge in [0.1, 0.15) is 11.4 Å². The van der Waals surface area contributed by atoms with Crippen molar-refractivity contribution in [2.24, 2.45) is 57.7 Å². The Morgan fingerprint density at radius 2 is 0.794 bits per heavy atom. The SMILES string of the molecule is CC(C)COP(=O)(OCON=C1c2ccc(S(=O)(=O)N3C[C@H](C)C[C@H](C)C3)cc2C(=NOCOP(=O)(OCC(C)C)OCC(C)C)c2cc(S(=O)(=O)N3C[C@H](C)C[C@H](C)C3)ccc21)OCC(C)C. The molecular formula is C46H74N4O14P2S2. The van der Waals surface area contributed by atoms with Gasteiger partial charge in [-0.25, -0.2) is 35.0 Å². The maximum Gasteiger partial charge on any atom is 0.477 e. The van der Waals surface area contributed by atoms with E-state index in [9.17, 15) is 26.0 Å². The van der Waals surface area contributed by atoms with Crippen LogP contribution in [-0.2, 0) is 66.0 Å². The summed E-state index contributed by atoms with van der Waals surface area (Å²) in [4.78, 5) is 11.4. The summed E-state index contributed by atoms with van der Waals surface area (Å²) in [5, 5.41) is 8.91. The molecule has 0 N–H and O–H groups in total. The molecule has 0 unspecified atom stereocenters. The highest BCUT2D eigenvalue weighted by atomic mass is 32.2. The van der Waals surface area contributed by atoms with Crippen molar-refractivity contribution in [2.75, 3.05) is 66.2 Å².